The quantitative estimate of drug-likeness (QED) is 0.687. The first-order valence-electron chi connectivity index (χ1n) is 4.65. The topological polar surface area (TPSA) is 20.2 Å². The monoisotopic (exact) mass is 256 g/mol. The van der Waals surface area contributed by atoms with Crippen LogP contribution in [0.4, 0.5) is 12.9 Å². The van der Waals surface area contributed by atoms with E-state index < -0.39 is 18.2 Å². The third kappa shape index (κ3) is 4.07. The van der Waals surface area contributed by atoms with Gasteiger partial charge in [-0.3, -0.25) is 0 Å². The van der Waals surface area contributed by atoms with E-state index in [2.05, 4.69) is 0 Å². The number of hydrogen-bond donors (Lipinski definition) is 1. The minimum Gasteiger partial charge on any atom is -0.511 e. The molecule has 0 aromatic heterocycles. The second-order valence-corrected chi connectivity index (χ2v) is 4.60. The zero-order chi connectivity index (χ0) is 11.9. The number of benzene rings is 1. The molecule has 0 fully saturated rings. The van der Waals surface area contributed by atoms with E-state index in [0.717, 1.165) is 12.1 Å². The molecule has 0 aliphatic heterocycles. The zero-order valence-corrected chi connectivity index (χ0v) is 13.0. The first kappa shape index (κ1) is 16.5. The molecular weight excluding hydrogens is 243 g/mol. The predicted molar refractivity (Wildman–Crippen MR) is 55.5 cm³/mol. The normalized spacial score (nSPS) is 12.1. The van der Waals surface area contributed by atoms with Crippen LogP contribution in [0.5, 0.6) is 5.75 Å². The van der Waals surface area contributed by atoms with Gasteiger partial charge in [-0.1, -0.05) is 38.4 Å². The number of halogens is 3. The van der Waals surface area contributed by atoms with Gasteiger partial charge in [-0.25, -0.2) is 0 Å². The fraction of sp³-hybridized carbons (Fsp3) is 0.400. The van der Waals surface area contributed by atoms with E-state index >= 15 is 0 Å². The Morgan fingerprint density at radius 2 is 1.62 bits per heavy atom. The minimum absolute atomic E-state index is 0. The molecule has 0 spiro atoms. The molecule has 0 atom stereocenters. The van der Waals surface area contributed by atoms with Crippen molar-refractivity contribution in [3.8, 4) is 5.75 Å². The van der Waals surface area contributed by atoms with Crippen molar-refractivity contribution in [3.05, 3.63) is 23.8 Å². The van der Waals surface area contributed by atoms with Crippen LogP contribution in [-0.4, -0.2) is 12.1 Å². The zero-order valence-electron chi connectivity index (χ0n) is 9.89. The summed E-state index contributed by atoms with van der Waals surface area (Å²) in [6, 6.07) is 3.64. The van der Waals surface area contributed by atoms with Crippen molar-refractivity contribution >= 4 is 12.4 Å². The fourth-order valence-electron chi connectivity index (χ4n) is 1.28. The maximum absolute atomic E-state index is 12.5. The number of phenols is 1. The summed E-state index contributed by atoms with van der Waals surface area (Å²) in [5.41, 5.74) is -0.707. The Balaban J connectivity index is 0.00000225. The van der Waals surface area contributed by atoms with Crippen LogP contribution >= 0.6 is 0 Å². The summed E-state index contributed by atoms with van der Waals surface area (Å²) in [6.07, 6.45) is 0. The molecule has 0 amide bonds. The van der Waals surface area contributed by atoms with Crippen molar-refractivity contribution in [1.82, 2.24) is 0 Å². The van der Waals surface area contributed by atoms with Gasteiger partial charge in [0.15, 0.2) is 0 Å². The summed E-state index contributed by atoms with van der Waals surface area (Å²) in [5, 5.41) is 9.13. The van der Waals surface area contributed by atoms with E-state index in [1.165, 1.54) is 6.07 Å². The van der Waals surface area contributed by atoms with Crippen LogP contribution in [0.25, 0.3) is 0 Å². The molecule has 0 aliphatic carbocycles. The molecule has 1 aromatic rings. The van der Waals surface area contributed by atoms with E-state index in [1.54, 1.807) is 0 Å². The van der Waals surface area contributed by atoms with E-state index in [9.17, 15) is 12.9 Å². The van der Waals surface area contributed by atoms with Crippen LogP contribution in [0.1, 0.15) is 26.3 Å². The average molecular weight is 256 g/mol. The molecule has 0 saturated heterocycles. The Morgan fingerprint density at radius 3 is 2.00 bits per heavy atom. The number of rotatable bonds is 1. The number of phenolic OH excluding ortho intramolecular Hbond substituents is 1. The Kier molecular flexibility index (Phi) is 5.61. The number of hydrogen-bond acceptors (Lipinski definition) is 1. The maximum Gasteiger partial charge on any atom is 1.00 e. The van der Waals surface area contributed by atoms with Gasteiger partial charge >= 0.3 is 58.4 Å². The molecule has 0 bridgehead atoms. The second kappa shape index (κ2) is 5.44. The Labute approximate surface area is 136 Å². The molecule has 0 heterocycles. The van der Waals surface area contributed by atoms with Gasteiger partial charge in [0.2, 0.25) is 0 Å². The van der Waals surface area contributed by atoms with Gasteiger partial charge in [0.25, 0.3) is 0 Å². The van der Waals surface area contributed by atoms with Gasteiger partial charge in [-0.2, -0.15) is 0 Å². The summed E-state index contributed by atoms with van der Waals surface area (Å²) in [4.78, 5) is 0. The van der Waals surface area contributed by atoms with E-state index in [4.69, 9.17) is 5.11 Å². The van der Waals surface area contributed by atoms with Crippen molar-refractivity contribution < 1.29 is 69.4 Å². The molecule has 0 radical (unpaired) electrons. The summed E-state index contributed by atoms with van der Waals surface area (Å²) >= 11 is 0. The molecule has 0 aliphatic rings. The van der Waals surface area contributed by atoms with Gasteiger partial charge in [-0.15, -0.1) is 0 Å². The maximum atomic E-state index is 12.5. The van der Waals surface area contributed by atoms with Crippen molar-refractivity contribution in [1.29, 1.82) is 0 Å². The molecule has 0 unspecified atom stereocenters. The van der Waals surface area contributed by atoms with Gasteiger partial charge in [0.05, 0.1) is 5.75 Å². The van der Waals surface area contributed by atoms with Gasteiger partial charge in [-0.05, 0) is 17.0 Å². The molecule has 84 valence electrons. The second-order valence-electron chi connectivity index (χ2n) is 4.60. The average Bonchev–Trinajstić information content (AvgIpc) is 2.00. The minimum atomic E-state index is -5.15. The summed E-state index contributed by atoms with van der Waals surface area (Å²) in [5.74, 6) is -0.699. The Bertz CT molecular complexity index is 371. The molecule has 0 saturated carbocycles. The standard InChI is InChI=1S/C10H13BF3O.K/c1-10(2,3)7-4-5-9(15)8(6-7)11(12,13)14;/h4-6,15H,1-3H3;/q-1;+1. The molecule has 1 rings (SSSR count). The predicted octanol–water partition coefficient (Wildman–Crippen LogP) is -0.252. The van der Waals surface area contributed by atoms with Gasteiger partial charge in [0, 0.05) is 0 Å². The number of aromatic hydroxyl groups is 1. The molecule has 16 heavy (non-hydrogen) atoms. The van der Waals surface area contributed by atoms with Crippen LogP contribution in [0.15, 0.2) is 18.2 Å². The van der Waals surface area contributed by atoms with Crippen molar-refractivity contribution in [2.75, 3.05) is 0 Å². The molecule has 1 aromatic carbocycles. The van der Waals surface area contributed by atoms with E-state index in [0.29, 0.717) is 5.56 Å². The van der Waals surface area contributed by atoms with Crippen molar-refractivity contribution in [2.45, 2.75) is 26.2 Å². The van der Waals surface area contributed by atoms with Crippen molar-refractivity contribution in [2.24, 2.45) is 0 Å². The van der Waals surface area contributed by atoms with E-state index in [1.807, 2.05) is 20.8 Å². The summed E-state index contributed by atoms with van der Waals surface area (Å²) in [6.45, 7) is 0.326. The Hall–Kier alpha value is 0.511. The Morgan fingerprint density at radius 1 is 1.12 bits per heavy atom. The first-order valence-corrected chi connectivity index (χ1v) is 4.65. The van der Waals surface area contributed by atoms with Crippen LogP contribution in [0.3, 0.4) is 0 Å². The summed E-state index contributed by atoms with van der Waals surface area (Å²) in [7, 11) is 0. The van der Waals surface area contributed by atoms with Crippen LogP contribution in [0.2, 0.25) is 0 Å². The largest absolute Gasteiger partial charge is 1.00 e. The van der Waals surface area contributed by atoms with Crippen LogP contribution in [-0.2, 0) is 5.41 Å². The third-order valence-electron chi connectivity index (χ3n) is 2.25. The molecule has 1 N–H and O–H groups in total. The van der Waals surface area contributed by atoms with Crippen LogP contribution < -0.4 is 56.8 Å². The smallest absolute Gasteiger partial charge is 0.511 e. The van der Waals surface area contributed by atoms with Crippen molar-refractivity contribution in [3.63, 3.8) is 0 Å². The molecular formula is C10H13BF3KO. The SMILES string of the molecule is CC(C)(C)c1ccc(O)c([B-](F)(F)F)c1.[K+]. The third-order valence-corrected chi connectivity index (χ3v) is 2.25. The first-order chi connectivity index (χ1) is 6.62. The van der Waals surface area contributed by atoms with Gasteiger partial charge in [0.1, 0.15) is 0 Å². The van der Waals surface area contributed by atoms with Gasteiger partial charge < -0.3 is 18.1 Å². The summed E-state index contributed by atoms with van der Waals surface area (Å²) < 4.78 is 37.6. The van der Waals surface area contributed by atoms with E-state index in [-0.39, 0.29) is 56.8 Å². The fourth-order valence-corrected chi connectivity index (χ4v) is 1.28. The molecule has 1 nitrogen and oxygen atoms in total. The molecule has 6 heteroatoms. The van der Waals surface area contributed by atoms with Crippen LogP contribution in [0, 0.1) is 0 Å².